The van der Waals surface area contributed by atoms with E-state index in [1.807, 2.05) is 68.6 Å². The Kier molecular flexibility index (Phi) is 5.26. The normalized spacial score (nSPS) is 16.1. The molecule has 0 fully saturated rings. The van der Waals surface area contributed by atoms with E-state index in [-0.39, 0.29) is 17.0 Å². The minimum Gasteiger partial charge on any atom is -0.491 e. The first kappa shape index (κ1) is 21.0. The second-order valence-corrected chi connectivity index (χ2v) is 9.60. The Morgan fingerprint density at radius 2 is 1.97 bits per heavy atom. The predicted octanol–water partition coefficient (Wildman–Crippen LogP) is 4.34. The smallest absolute Gasteiger partial charge is 0.267 e. The van der Waals surface area contributed by atoms with Crippen molar-refractivity contribution in [2.75, 3.05) is 4.90 Å². The zero-order valence-electron chi connectivity index (χ0n) is 18.2. The molecule has 0 radical (unpaired) electrons. The summed E-state index contributed by atoms with van der Waals surface area (Å²) in [7, 11) is -3.82. The van der Waals surface area contributed by atoms with E-state index in [0.717, 1.165) is 22.2 Å². The molecule has 2 N–H and O–H groups in total. The first-order chi connectivity index (χ1) is 15.9. The number of H-pyrrole nitrogens is 1. The fraction of sp³-hybridized carbons (Fsp3) is 0.167. The molecule has 0 unspecified atom stereocenters. The Morgan fingerprint density at radius 3 is 2.82 bits per heavy atom. The Bertz CT molecular complexity index is 1460. The molecule has 0 atom stereocenters. The Morgan fingerprint density at radius 1 is 1.12 bits per heavy atom. The molecule has 3 heterocycles. The SMILES string of the molecule is CC(C)Oc1cccc(N2C(=NCc3c[nH]c4ccccc34)NS(=O)(=O)c3cnccc32)c1. The molecule has 0 saturated carbocycles. The lowest BCUT2D eigenvalue weighted by atomic mass is 10.2. The molecule has 8 nitrogen and oxygen atoms in total. The molecule has 1 aliphatic heterocycles. The minimum atomic E-state index is -3.82. The van der Waals surface area contributed by atoms with Crippen LogP contribution in [0, 0.1) is 0 Å². The summed E-state index contributed by atoms with van der Waals surface area (Å²) < 4.78 is 34.4. The van der Waals surface area contributed by atoms with Crippen molar-refractivity contribution in [2.24, 2.45) is 4.99 Å². The van der Waals surface area contributed by atoms with E-state index in [1.165, 1.54) is 6.20 Å². The number of hydrogen-bond acceptors (Lipinski definition) is 5. The summed E-state index contributed by atoms with van der Waals surface area (Å²) in [6.45, 7) is 4.20. The standard InChI is InChI=1S/C24H23N5O3S/c1-16(2)32-19-7-5-6-18(12-19)29-22-10-11-25-15-23(22)33(30,31)28-24(29)27-14-17-13-26-21-9-4-3-8-20(17)21/h3-13,15-16,26H,14H2,1-2H3,(H,27,28). The highest BCUT2D eigenvalue weighted by Crippen LogP contribution is 2.36. The van der Waals surface area contributed by atoms with Crippen LogP contribution < -0.4 is 14.4 Å². The van der Waals surface area contributed by atoms with Crippen LogP contribution in [-0.2, 0) is 16.6 Å². The van der Waals surface area contributed by atoms with Gasteiger partial charge >= 0.3 is 0 Å². The maximum Gasteiger partial charge on any atom is 0.267 e. The van der Waals surface area contributed by atoms with Gasteiger partial charge in [0.25, 0.3) is 10.0 Å². The van der Waals surface area contributed by atoms with Crippen molar-refractivity contribution in [1.82, 2.24) is 14.7 Å². The molecule has 1 aliphatic rings. The third kappa shape index (κ3) is 4.03. The second kappa shape index (κ2) is 8.25. The van der Waals surface area contributed by atoms with Gasteiger partial charge in [-0.15, -0.1) is 0 Å². The van der Waals surface area contributed by atoms with Crippen molar-refractivity contribution in [3.8, 4) is 5.75 Å². The number of sulfonamides is 1. The fourth-order valence-corrected chi connectivity index (χ4v) is 4.99. The average Bonchev–Trinajstić information content (AvgIpc) is 3.20. The molecule has 168 valence electrons. The summed E-state index contributed by atoms with van der Waals surface area (Å²) in [6, 6.07) is 17.1. The van der Waals surface area contributed by atoms with Crippen LogP contribution in [0.2, 0.25) is 0 Å². The van der Waals surface area contributed by atoms with Crippen LogP contribution in [0.4, 0.5) is 11.4 Å². The number of ether oxygens (including phenoxy) is 1. The number of pyridine rings is 1. The van der Waals surface area contributed by atoms with Gasteiger partial charge in [0.05, 0.1) is 24.0 Å². The van der Waals surface area contributed by atoms with Gasteiger partial charge in [0.15, 0.2) is 0 Å². The Labute approximate surface area is 192 Å². The third-order valence-corrected chi connectivity index (χ3v) is 6.60. The van der Waals surface area contributed by atoms with Crippen LogP contribution in [0.1, 0.15) is 19.4 Å². The van der Waals surface area contributed by atoms with Gasteiger partial charge in [0, 0.05) is 35.6 Å². The number of fused-ring (bicyclic) bond motifs is 2. The highest BCUT2D eigenvalue weighted by molar-refractivity contribution is 7.90. The van der Waals surface area contributed by atoms with E-state index in [0.29, 0.717) is 18.0 Å². The number of nitrogens with one attached hydrogen (secondary N) is 2. The summed E-state index contributed by atoms with van der Waals surface area (Å²) in [5, 5.41) is 1.05. The lowest BCUT2D eigenvalue weighted by Crippen LogP contribution is -2.46. The van der Waals surface area contributed by atoms with Crippen molar-refractivity contribution < 1.29 is 13.2 Å². The van der Waals surface area contributed by atoms with Gasteiger partial charge in [-0.25, -0.2) is 18.1 Å². The number of anilines is 2. The minimum absolute atomic E-state index is 0.00612. The van der Waals surface area contributed by atoms with E-state index < -0.39 is 10.0 Å². The molecular weight excluding hydrogens is 438 g/mol. The first-order valence-corrected chi connectivity index (χ1v) is 12.0. The zero-order chi connectivity index (χ0) is 23.0. The van der Waals surface area contributed by atoms with Gasteiger partial charge in [-0.3, -0.25) is 9.88 Å². The number of rotatable bonds is 5. The number of nitrogens with zero attached hydrogens (tertiary/aromatic N) is 3. The molecule has 9 heteroatoms. The molecule has 5 rings (SSSR count). The van der Waals surface area contributed by atoms with E-state index in [2.05, 4.69) is 19.7 Å². The Hall–Kier alpha value is -3.85. The zero-order valence-corrected chi connectivity index (χ0v) is 19.0. The maximum absolute atomic E-state index is 13.0. The van der Waals surface area contributed by atoms with Crippen LogP contribution in [0.3, 0.4) is 0 Å². The summed E-state index contributed by atoms with van der Waals surface area (Å²) in [5.41, 5.74) is 3.17. The molecule has 0 saturated heterocycles. The summed E-state index contributed by atoms with van der Waals surface area (Å²) in [4.78, 5) is 13.8. The molecular formula is C24H23N5O3S. The van der Waals surface area contributed by atoms with E-state index in [9.17, 15) is 8.42 Å². The largest absolute Gasteiger partial charge is 0.491 e. The van der Waals surface area contributed by atoms with Gasteiger partial charge in [-0.1, -0.05) is 24.3 Å². The van der Waals surface area contributed by atoms with Crippen LogP contribution in [-0.4, -0.2) is 30.4 Å². The highest BCUT2D eigenvalue weighted by atomic mass is 32.2. The molecule has 33 heavy (non-hydrogen) atoms. The van der Waals surface area contributed by atoms with Crippen molar-refractivity contribution >= 4 is 38.3 Å². The number of para-hydroxylation sites is 1. The number of aromatic nitrogens is 2. The first-order valence-electron chi connectivity index (χ1n) is 10.6. The number of benzene rings is 2. The van der Waals surface area contributed by atoms with E-state index >= 15 is 0 Å². The van der Waals surface area contributed by atoms with Crippen molar-refractivity contribution in [1.29, 1.82) is 0 Å². The second-order valence-electron chi connectivity index (χ2n) is 7.95. The van der Waals surface area contributed by atoms with Gasteiger partial charge in [-0.05, 0) is 43.7 Å². The molecule has 0 spiro atoms. The van der Waals surface area contributed by atoms with Crippen LogP contribution in [0.5, 0.6) is 5.75 Å². The third-order valence-electron chi connectivity index (χ3n) is 5.25. The molecule has 2 aromatic carbocycles. The number of aromatic amines is 1. The maximum atomic E-state index is 13.0. The van der Waals surface area contributed by atoms with Gasteiger partial charge in [0.2, 0.25) is 5.96 Å². The summed E-state index contributed by atoms with van der Waals surface area (Å²) in [6.07, 6.45) is 4.81. The molecule has 0 amide bonds. The van der Waals surface area contributed by atoms with Gasteiger partial charge in [-0.2, -0.15) is 0 Å². The monoisotopic (exact) mass is 461 g/mol. The quantitative estimate of drug-likeness (QED) is 0.461. The molecule has 0 aliphatic carbocycles. The van der Waals surface area contributed by atoms with Crippen molar-refractivity contribution in [2.45, 2.75) is 31.4 Å². The van der Waals surface area contributed by atoms with E-state index in [4.69, 9.17) is 4.74 Å². The molecule has 2 aromatic heterocycles. The summed E-state index contributed by atoms with van der Waals surface area (Å²) >= 11 is 0. The van der Waals surface area contributed by atoms with E-state index in [1.54, 1.807) is 17.2 Å². The Balaban J connectivity index is 1.61. The van der Waals surface area contributed by atoms with Crippen LogP contribution >= 0.6 is 0 Å². The lowest BCUT2D eigenvalue weighted by molar-refractivity contribution is 0.242. The lowest BCUT2D eigenvalue weighted by Gasteiger charge is -2.32. The highest BCUT2D eigenvalue weighted by Gasteiger charge is 2.34. The number of hydrogen-bond donors (Lipinski definition) is 2. The van der Waals surface area contributed by atoms with Gasteiger partial charge in [0.1, 0.15) is 10.6 Å². The van der Waals surface area contributed by atoms with Crippen molar-refractivity contribution in [3.63, 3.8) is 0 Å². The summed E-state index contributed by atoms with van der Waals surface area (Å²) in [5.74, 6) is 0.892. The predicted molar refractivity (Wildman–Crippen MR) is 128 cm³/mol. The van der Waals surface area contributed by atoms with Crippen LogP contribution in [0.25, 0.3) is 10.9 Å². The topological polar surface area (TPSA) is 99.7 Å². The van der Waals surface area contributed by atoms with Crippen molar-refractivity contribution in [3.05, 3.63) is 78.8 Å². The number of guanidine groups is 1. The molecule has 4 aromatic rings. The van der Waals surface area contributed by atoms with Crippen LogP contribution in [0.15, 0.2) is 83.1 Å². The fourth-order valence-electron chi connectivity index (χ4n) is 3.85. The number of aliphatic imine (C=N–C) groups is 1. The average molecular weight is 462 g/mol. The van der Waals surface area contributed by atoms with Gasteiger partial charge < -0.3 is 9.72 Å². The molecule has 0 bridgehead atoms.